The Morgan fingerprint density at radius 1 is 0.467 bits per heavy atom. The number of ether oxygens (including phenoxy) is 4. The van der Waals surface area contributed by atoms with Gasteiger partial charge in [-0.05, 0) is 129 Å². The molecule has 92 heavy (non-hydrogen) atoms. The first kappa shape index (κ1) is 75.7. The normalized spacial score (nSPS) is 27.5. The molecule has 0 saturated carbocycles. The van der Waals surface area contributed by atoms with Crippen molar-refractivity contribution < 1.29 is 65.0 Å². The van der Waals surface area contributed by atoms with Crippen molar-refractivity contribution in [2.45, 2.75) is 159 Å². The van der Waals surface area contributed by atoms with Crippen LogP contribution in [0.15, 0.2) is 164 Å². The van der Waals surface area contributed by atoms with Crippen LogP contribution in [0.4, 0.5) is 0 Å². The number of nitrogens with one attached hydrogen (secondary N) is 1. The molecule has 0 radical (unpaired) electrons. The van der Waals surface area contributed by atoms with Gasteiger partial charge >= 0.3 is 18.9 Å². The third-order valence-corrected chi connectivity index (χ3v) is 18.9. The molecule has 7 saturated heterocycles. The van der Waals surface area contributed by atoms with Crippen molar-refractivity contribution in [3.63, 3.8) is 0 Å². The third-order valence-electron chi connectivity index (χ3n) is 18.2. The quantitative estimate of drug-likeness (QED) is 0.0916. The first-order chi connectivity index (χ1) is 43.7. The number of benzene rings is 6. The molecule has 7 unspecified atom stereocenters. The van der Waals surface area contributed by atoms with Crippen molar-refractivity contribution in [1.29, 1.82) is 5.26 Å². The zero-order chi connectivity index (χ0) is 63.2. The predicted molar refractivity (Wildman–Crippen MR) is 363 cm³/mol. The number of aliphatic hydroxyl groups is 2. The van der Waals surface area contributed by atoms with Crippen molar-refractivity contribution in [3.8, 4) is 6.07 Å². The number of hydrogen-bond acceptors (Lipinski definition) is 13. The fraction of sp³-hybridized carbons (Fsp3) is 0.500. The van der Waals surface area contributed by atoms with E-state index in [0.29, 0.717) is 37.6 Å². The molecule has 12 atom stereocenters. The summed E-state index contributed by atoms with van der Waals surface area (Å²) in [4.78, 5) is 12.2. The summed E-state index contributed by atoms with van der Waals surface area (Å²) in [6.45, 7) is 21.3. The molecule has 7 heterocycles. The molecule has 3 N–H and O–H groups in total. The molecule has 0 aliphatic carbocycles. The van der Waals surface area contributed by atoms with Gasteiger partial charge in [0.2, 0.25) is 0 Å². The van der Waals surface area contributed by atoms with E-state index in [1.54, 1.807) is 6.07 Å². The second kappa shape index (κ2) is 39.5. The number of aliphatic hydroxyl groups excluding tert-OH is 2. The van der Waals surface area contributed by atoms with Crippen molar-refractivity contribution in [1.82, 2.24) is 29.8 Å². The van der Waals surface area contributed by atoms with E-state index in [9.17, 15) is 10.2 Å². The van der Waals surface area contributed by atoms with E-state index in [2.05, 4.69) is 166 Å². The molecule has 7 aliphatic rings. The Hall–Kier alpha value is -3.72. The smallest absolute Gasteiger partial charge is 1.00 e. The molecule has 7 aliphatic heterocycles. The number of epoxide rings is 1. The first-order valence-electron chi connectivity index (χ1n) is 32.7. The van der Waals surface area contributed by atoms with Gasteiger partial charge < -0.3 is 51.5 Å². The number of likely N-dealkylation sites (tertiary alicyclic amines) is 3. The zero-order valence-electron chi connectivity index (χ0n) is 54.6. The Kier molecular flexibility index (Phi) is 32.5. The van der Waals surface area contributed by atoms with Gasteiger partial charge in [-0.15, -0.1) is 0 Å². The number of rotatable bonds is 14. The Bertz CT molecular complexity index is 2900. The summed E-state index contributed by atoms with van der Waals surface area (Å²) in [5, 5.41) is 35.2. The summed E-state index contributed by atoms with van der Waals surface area (Å²) in [5.41, 5.74) is 7.84. The number of nitriles is 1. The molecule has 6 aromatic carbocycles. The fourth-order valence-corrected chi connectivity index (χ4v) is 13.8. The maximum atomic E-state index is 11.0. The van der Waals surface area contributed by atoms with E-state index in [4.69, 9.17) is 59.0 Å². The van der Waals surface area contributed by atoms with Gasteiger partial charge in [-0.3, -0.25) is 24.5 Å². The molecule has 18 heteroatoms. The van der Waals surface area contributed by atoms with Crippen LogP contribution in [0.1, 0.15) is 80.3 Å². The van der Waals surface area contributed by atoms with E-state index in [1.807, 2.05) is 48.5 Å². The van der Waals surface area contributed by atoms with Gasteiger partial charge in [0.25, 0.3) is 0 Å². The molecule has 0 amide bonds. The largest absolute Gasteiger partial charge is 1.00 e. The second-order valence-electron chi connectivity index (χ2n) is 25.5. The van der Waals surface area contributed by atoms with E-state index in [1.165, 1.54) is 53.3 Å². The average Bonchev–Trinajstić information content (AvgIpc) is 1.86. The maximum absolute atomic E-state index is 11.0. The van der Waals surface area contributed by atoms with Crippen LogP contribution in [0.2, 0.25) is 15.1 Å². The summed E-state index contributed by atoms with van der Waals surface area (Å²) in [5.74, 6) is 0. The SMILES string of the molecule is CC#N.C[C@H]1CN(C2CCN(Cc3ccccc3)C[C@@H]2O)C(Cc2ccc(Cl)cc2)CO1.C[C@H]1CN(C2CCN(Cc3ccccc3)C[C@H]2O)C(Cc2ccc(Cl)cc2)CO1.C[C@H]1CNC(Cc2ccc(Cl)cc2)CO1.[Br-].[Li+].c1ccc(CN2CCC3OC3C2)cc1. The molecule has 6 aromatic rings. The molecule has 0 aromatic heterocycles. The van der Waals surface area contributed by atoms with Gasteiger partial charge in [0, 0.05) is 131 Å². The Balaban J connectivity index is 0.000000178. The zero-order valence-corrected chi connectivity index (χ0v) is 58.4. The maximum Gasteiger partial charge on any atom is 1.00 e. The topological polar surface area (TPSA) is 133 Å². The molecule has 13 rings (SSSR count). The van der Waals surface area contributed by atoms with Crippen LogP contribution in [0, 0.1) is 11.3 Å². The Labute approximate surface area is 586 Å². The number of β-amino-alcohol motifs (C(OH)–C–C–N with tert-alkyl or cyclic N) is 2. The summed E-state index contributed by atoms with van der Waals surface area (Å²) < 4.78 is 23.1. The first-order valence-corrected chi connectivity index (χ1v) is 33.8. The van der Waals surface area contributed by atoms with Gasteiger partial charge in [-0.25, -0.2) is 0 Å². The Morgan fingerprint density at radius 2 is 0.826 bits per heavy atom. The number of halogens is 4. The van der Waals surface area contributed by atoms with Gasteiger partial charge in [0.15, 0.2) is 0 Å². The number of fused-ring (bicyclic) bond motifs is 1. The molecular weight excluding hydrogens is 1280 g/mol. The van der Waals surface area contributed by atoms with E-state index in [0.717, 1.165) is 126 Å². The molecule has 13 nitrogen and oxygen atoms in total. The van der Waals surface area contributed by atoms with Gasteiger partial charge in [0.05, 0.1) is 68.6 Å². The predicted octanol–water partition coefficient (Wildman–Crippen LogP) is 5.67. The van der Waals surface area contributed by atoms with Crippen LogP contribution in [-0.4, -0.2) is 186 Å². The van der Waals surface area contributed by atoms with Crippen molar-refractivity contribution >= 4 is 34.8 Å². The van der Waals surface area contributed by atoms with Gasteiger partial charge in [-0.2, -0.15) is 5.26 Å². The number of nitrogens with zero attached hydrogens (tertiary/aromatic N) is 6. The molecule has 492 valence electrons. The van der Waals surface area contributed by atoms with Gasteiger partial charge in [0.1, 0.15) is 0 Å². The van der Waals surface area contributed by atoms with E-state index < -0.39 is 0 Å². The average molecular weight is 1370 g/mol. The standard InChI is InChI=1S/2C24H31ClN2O2.C12H16ClNO.C12H15NO.C2H3N.BrH.Li/c2*1-18-14-27(22(17-29-18)13-19-7-9-21(25)10-8-19)23-11-12-26(16-24(23)28)15-20-5-3-2-4-6-20;1-9-7-14-12(8-15-9)6-10-2-4-11(13)5-3-10;1-2-4-10(5-3-1)8-13-7-6-11-12(9-13)14-11;1-2-3;;/h2*2-10,18,22-24,28H,11-17H2,1H3;2-5,9,12,14H,6-8H2,1H3;1-5,11-12H,6-9H2;1H3;1H;/q;;;;;;+1/p-1/t18-,22?,23?,24+;18-,22?,23?,24-;9-,12?;;;;/m000..../s1. The molecule has 0 spiro atoms. The van der Waals surface area contributed by atoms with E-state index >= 15 is 0 Å². The fourth-order valence-electron chi connectivity index (χ4n) is 13.4. The number of hydrogen-bond donors (Lipinski definition) is 3. The number of morpholine rings is 3. The minimum Gasteiger partial charge on any atom is -1.00 e. The Morgan fingerprint density at radius 3 is 1.18 bits per heavy atom. The second-order valence-corrected chi connectivity index (χ2v) is 26.8. The summed E-state index contributed by atoms with van der Waals surface area (Å²) in [7, 11) is 0. The minimum absolute atomic E-state index is 0. The minimum atomic E-state index is -0.342. The molecule has 0 bridgehead atoms. The van der Waals surface area contributed by atoms with Crippen molar-refractivity contribution in [2.75, 3.05) is 78.7 Å². The van der Waals surface area contributed by atoms with Crippen LogP contribution in [0.3, 0.4) is 0 Å². The summed E-state index contributed by atoms with van der Waals surface area (Å²) in [6, 6.07) is 59.0. The monoisotopic (exact) mass is 1370 g/mol. The summed E-state index contributed by atoms with van der Waals surface area (Å²) >= 11 is 17.9. The van der Waals surface area contributed by atoms with Crippen LogP contribution >= 0.6 is 34.8 Å². The van der Waals surface area contributed by atoms with Crippen LogP contribution in [0.25, 0.3) is 0 Å². The number of piperidine rings is 3. The van der Waals surface area contributed by atoms with Gasteiger partial charge in [-0.1, -0.05) is 162 Å². The van der Waals surface area contributed by atoms with Crippen LogP contribution in [-0.2, 0) is 57.8 Å². The van der Waals surface area contributed by atoms with Crippen molar-refractivity contribution in [3.05, 3.63) is 212 Å². The van der Waals surface area contributed by atoms with E-state index in [-0.39, 0.29) is 84.4 Å². The molecular formula is C74H96BrCl3LiN7O6. The third kappa shape index (κ3) is 24.7. The molecule has 7 fully saturated rings. The summed E-state index contributed by atoms with van der Waals surface area (Å²) in [6.07, 6.45) is 7.23. The van der Waals surface area contributed by atoms with Crippen LogP contribution < -0.4 is 41.2 Å². The van der Waals surface area contributed by atoms with Crippen LogP contribution in [0.5, 0.6) is 0 Å². The van der Waals surface area contributed by atoms with Crippen molar-refractivity contribution in [2.24, 2.45) is 0 Å².